The molecular weight excluding hydrogens is 299 g/mol. The third-order valence-electron chi connectivity index (χ3n) is 3.05. The summed E-state index contributed by atoms with van der Waals surface area (Å²) in [5.41, 5.74) is 0.819. The summed E-state index contributed by atoms with van der Waals surface area (Å²) < 4.78 is 39.5. The van der Waals surface area contributed by atoms with Gasteiger partial charge in [0.05, 0.1) is 11.9 Å². The minimum atomic E-state index is -4.63. The van der Waals surface area contributed by atoms with Gasteiger partial charge in [0.15, 0.2) is 5.65 Å². The van der Waals surface area contributed by atoms with Gasteiger partial charge in [0.1, 0.15) is 17.6 Å². The lowest BCUT2D eigenvalue weighted by molar-refractivity contribution is -0.144. The third-order valence-corrected chi connectivity index (χ3v) is 3.05. The fraction of sp³-hybridized carbons (Fsp3) is 0.154. The first-order valence-electron chi connectivity index (χ1n) is 6.16. The van der Waals surface area contributed by atoms with Crippen LogP contribution in [0.2, 0.25) is 0 Å². The molecule has 0 saturated heterocycles. The highest BCUT2D eigenvalue weighted by atomic mass is 19.4. The fourth-order valence-corrected chi connectivity index (χ4v) is 1.97. The number of nitrogens with zero attached hydrogens (tertiary/aromatic N) is 5. The lowest BCUT2D eigenvalue weighted by Gasteiger charge is -2.20. The number of phenols is 1. The Morgan fingerprint density at radius 1 is 1.23 bits per heavy atom. The molecule has 2 heterocycles. The second-order valence-corrected chi connectivity index (χ2v) is 4.53. The molecule has 1 N–H and O–H groups in total. The largest absolute Gasteiger partial charge is 0.508 e. The zero-order chi connectivity index (χ0) is 15.9. The average Bonchev–Trinajstić information content (AvgIpc) is 2.88. The predicted octanol–water partition coefficient (Wildman–Crippen LogP) is 2.45. The molecule has 0 saturated carbocycles. The van der Waals surface area contributed by atoms with E-state index in [-0.39, 0.29) is 16.9 Å². The molecule has 2 aromatic heterocycles. The van der Waals surface area contributed by atoms with E-state index in [0.717, 1.165) is 6.20 Å². The van der Waals surface area contributed by atoms with E-state index in [1.807, 2.05) is 0 Å². The Morgan fingerprint density at radius 2 is 2.00 bits per heavy atom. The van der Waals surface area contributed by atoms with E-state index in [0.29, 0.717) is 5.69 Å². The first kappa shape index (κ1) is 14.1. The average molecular weight is 309 g/mol. The molecule has 0 aliphatic heterocycles. The molecule has 3 rings (SSSR count). The second-order valence-electron chi connectivity index (χ2n) is 4.53. The Balaban J connectivity index is 2.10. The first-order chi connectivity index (χ1) is 10.4. The van der Waals surface area contributed by atoms with Gasteiger partial charge in [0, 0.05) is 13.1 Å². The fourth-order valence-electron chi connectivity index (χ4n) is 1.97. The van der Waals surface area contributed by atoms with Crippen molar-refractivity contribution < 1.29 is 18.3 Å². The van der Waals surface area contributed by atoms with Crippen molar-refractivity contribution in [3.05, 3.63) is 42.6 Å². The van der Waals surface area contributed by atoms with E-state index in [2.05, 4.69) is 15.0 Å². The van der Waals surface area contributed by atoms with Crippen LogP contribution in [0.5, 0.6) is 5.75 Å². The molecule has 0 atom stereocenters. The van der Waals surface area contributed by atoms with E-state index in [9.17, 15) is 18.3 Å². The van der Waals surface area contributed by atoms with Gasteiger partial charge in [-0.25, -0.2) is 19.6 Å². The summed E-state index contributed by atoms with van der Waals surface area (Å²) in [6.45, 7) is 0. The maximum Gasteiger partial charge on any atom is 0.451 e. The van der Waals surface area contributed by atoms with Crippen LogP contribution in [0.15, 0.2) is 36.8 Å². The number of anilines is 1. The summed E-state index contributed by atoms with van der Waals surface area (Å²) >= 11 is 0. The summed E-state index contributed by atoms with van der Waals surface area (Å²) in [4.78, 5) is 10.8. The Labute approximate surface area is 122 Å². The molecule has 3 aromatic rings. The molecular formula is C13H10F3N5O. The smallest absolute Gasteiger partial charge is 0.451 e. The number of aromatic nitrogens is 4. The third kappa shape index (κ3) is 2.41. The van der Waals surface area contributed by atoms with Crippen LogP contribution in [0.1, 0.15) is 5.82 Å². The Kier molecular flexibility index (Phi) is 3.12. The summed E-state index contributed by atoms with van der Waals surface area (Å²) in [6, 6.07) is 6.28. The highest BCUT2D eigenvalue weighted by molar-refractivity contribution is 5.71. The summed E-state index contributed by atoms with van der Waals surface area (Å²) in [7, 11) is 1.62. The van der Waals surface area contributed by atoms with Gasteiger partial charge in [-0.1, -0.05) is 6.07 Å². The number of hydrogen-bond acceptors (Lipinski definition) is 5. The van der Waals surface area contributed by atoms with E-state index in [4.69, 9.17) is 0 Å². The molecule has 0 aliphatic rings. The lowest BCUT2D eigenvalue weighted by Crippen LogP contribution is -2.24. The zero-order valence-electron chi connectivity index (χ0n) is 11.3. The van der Waals surface area contributed by atoms with E-state index >= 15 is 0 Å². The van der Waals surface area contributed by atoms with E-state index in [1.165, 1.54) is 28.1 Å². The minimum absolute atomic E-state index is 0.0215. The number of hydrogen-bond donors (Lipinski definition) is 1. The van der Waals surface area contributed by atoms with Crippen molar-refractivity contribution in [3.8, 4) is 5.75 Å². The molecule has 0 spiro atoms. The van der Waals surface area contributed by atoms with Crippen molar-refractivity contribution in [2.75, 3.05) is 12.1 Å². The van der Waals surface area contributed by atoms with Gasteiger partial charge in [0.2, 0.25) is 5.82 Å². The van der Waals surface area contributed by atoms with Crippen molar-refractivity contribution in [2.24, 2.45) is 0 Å². The van der Waals surface area contributed by atoms with Gasteiger partial charge in [-0.05, 0) is 12.1 Å². The highest BCUT2D eigenvalue weighted by Crippen LogP contribution is 2.27. The standard InChI is InChI=1S/C13H10F3N5O/c1-20(8-3-2-4-9(22)5-8)21-7-18-10-6-17-12(13(14,15)16)19-11(10)21/h2-7,22H,1H3. The number of phenolic OH excluding ortho intramolecular Hbond substituents is 1. The monoisotopic (exact) mass is 309 g/mol. The SMILES string of the molecule is CN(c1cccc(O)c1)n1cnc2cnc(C(F)(F)F)nc21. The zero-order valence-corrected chi connectivity index (χ0v) is 11.3. The Morgan fingerprint density at radius 3 is 2.68 bits per heavy atom. The first-order valence-corrected chi connectivity index (χ1v) is 6.16. The number of aromatic hydroxyl groups is 1. The molecule has 6 nitrogen and oxygen atoms in total. The lowest BCUT2D eigenvalue weighted by atomic mass is 10.3. The topological polar surface area (TPSA) is 67.1 Å². The van der Waals surface area contributed by atoms with Gasteiger partial charge in [-0.3, -0.25) is 5.01 Å². The number of halogens is 3. The summed E-state index contributed by atoms with van der Waals surface area (Å²) in [6.07, 6.45) is -2.27. The van der Waals surface area contributed by atoms with Gasteiger partial charge >= 0.3 is 6.18 Å². The van der Waals surface area contributed by atoms with Gasteiger partial charge < -0.3 is 5.11 Å². The minimum Gasteiger partial charge on any atom is -0.508 e. The van der Waals surface area contributed by atoms with Crippen molar-refractivity contribution >= 4 is 16.9 Å². The quantitative estimate of drug-likeness (QED) is 0.787. The van der Waals surface area contributed by atoms with Crippen molar-refractivity contribution in [1.29, 1.82) is 0 Å². The normalized spacial score (nSPS) is 11.8. The van der Waals surface area contributed by atoms with E-state index in [1.54, 1.807) is 19.2 Å². The molecule has 1 aromatic carbocycles. The molecule has 0 fully saturated rings. The molecule has 0 unspecified atom stereocenters. The van der Waals surface area contributed by atoms with Gasteiger partial charge in [-0.2, -0.15) is 13.2 Å². The van der Waals surface area contributed by atoms with Crippen molar-refractivity contribution in [1.82, 2.24) is 19.6 Å². The van der Waals surface area contributed by atoms with Crippen LogP contribution in [-0.4, -0.2) is 31.8 Å². The summed E-state index contributed by atoms with van der Waals surface area (Å²) in [5.74, 6) is -1.19. The molecule has 9 heteroatoms. The maximum absolute atomic E-state index is 12.7. The van der Waals surface area contributed by atoms with E-state index < -0.39 is 12.0 Å². The molecule has 0 radical (unpaired) electrons. The molecule has 114 valence electrons. The van der Waals surface area contributed by atoms with Crippen molar-refractivity contribution in [3.63, 3.8) is 0 Å². The van der Waals surface area contributed by atoms with Crippen molar-refractivity contribution in [2.45, 2.75) is 6.18 Å². The van der Waals surface area contributed by atoms with Crippen LogP contribution in [-0.2, 0) is 6.18 Å². The number of imidazole rings is 1. The molecule has 0 amide bonds. The van der Waals surface area contributed by atoms with Crippen LogP contribution >= 0.6 is 0 Å². The second kappa shape index (κ2) is 4.86. The molecule has 22 heavy (non-hydrogen) atoms. The van der Waals surface area contributed by atoms with Crippen LogP contribution in [0, 0.1) is 0 Å². The highest BCUT2D eigenvalue weighted by Gasteiger charge is 2.35. The Hall–Kier alpha value is -2.84. The molecule has 0 aliphatic carbocycles. The Bertz CT molecular complexity index is 830. The van der Waals surface area contributed by atoms with Crippen LogP contribution in [0.4, 0.5) is 18.9 Å². The number of rotatable bonds is 2. The van der Waals surface area contributed by atoms with Crippen LogP contribution < -0.4 is 5.01 Å². The number of fused-ring (bicyclic) bond motifs is 1. The number of alkyl halides is 3. The van der Waals surface area contributed by atoms with Gasteiger partial charge in [0.25, 0.3) is 0 Å². The summed E-state index contributed by atoms with van der Waals surface area (Å²) in [5, 5.41) is 11.0. The number of benzene rings is 1. The maximum atomic E-state index is 12.7. The predicted molar refractivity (Wildman–Crippen MR) is 72.2 cm³/mol. The van der Waals surface area contributed by atoms with Gasteiger partial charge in [-0.15, -0.1) is 0 Å². The molecule has 0 bridgehead atoms. The van der Waals surface area contributed by atoms with Crippen LogP contribution in [0.25, 0.3) is 11.2 Å². The van der Waals surface area contributed by atoms with Crippen LogP contribution in [0.3, 0.4) is 0 Å².